The van der Waals surface area contributed by atoms with Crippen molar-refractivity contribution in [3.63, 3.8) is 0 Å². The van der Waals surface area contributed by atoms with E-state index in [4.69, 9.17) is 19.2 Å². The number of para-hydroxylation sites is 1. The molecule has 0 atom stereocenters. The summed E-state index contributed by atoms with van der Waals surface area (Å²) in [5.41, 5.74) is 5.17. The van der Waals surface area contributed by atoms with Crippen LogP contribution in [0, 0.1) is 0 Å². The van der Waals surface area contributed by atoms with Crippen LogP contribution in [0.3, 0.4) is 0 Å². The smallest absolute Gasteiger partial charge is 0.224 e. The van der Waals surface area contributed by atoms with E-state index in [1.54, 1.807) is 0 Å². The Morgan fingerprint density at radius 3 is 2.02 bits per heavy atom. The first-order chi connectivity index (χ1) is 31.0. The van der Waals surface area contributed by atoms with Crippen LogP contribution in [-0.2, 0) is 30.2 Å². The molecule has 0 bridgehead atoms. The minimum atomic E-state index is -0.0256. The molecule has 3 N–H and O–H groups in total. The Balaban J connectivity index is 0.623. The lowest BCUT2D eigenvalue weighted by atomic mass is 9.91. The third kappa shape index (κ3) is 11.5. The predicted molar refractivity (Wildman–Crippen MR) is 257 cm³/mol. The first kappa shape index (κ1) is 43.5. The monoisotopic (exact) mass is 843 g/mol. The highest BCUT2D eigenvalue weighted by Crippen LogP contribution is 2.36. The number of pyridine rings is 1. The van der Waals surface area contributed by atoms with Gasteiger partial charge in [-0.3, -0.25) is 9.59 Å². The lowest BCUT2D eigenvalue weighted by molar-refractivity contribution is -0.122. The lowest BCUT2D eigenvalue weighted by Crippen LogP contribution is -2.29. The summed E-state index contributed by atoms with van der Waals surface area (Å²) in [5.74, 6) is -0.0332. The number of amides is 2. The van der Waals surface area contributed by atoms with Crippen LogP contribution in [-0.4, -0.2) is 101 Å². The van der Waals surface area contributed by atoms with Crippen molar-refractivity contribution in [3.8, 4) is 11.3 Å². The first-order valence-corrected chi connectivity index (χ1v) is 22.2. The molecule has 10 nitrogen and oxygen atoms in total. The van der Waals surface area contributed by atoms with Crippen molar-refractivity contribution in [2.45, 2.75) is 25.7 Å². The van der Waals surface area contributed by atoms with E-state index in [-0.39, 0.29) is 11.8 Å². The Labute approximate surface area is 369 Å². The van der Waals surface area contributed by atoms with E-state index in [0.717, 1.165) is 71.3 Å². The summed E-state index contributed by atoms with van der Waals surface area (Å²) >= 11 is 0. The fourth-order valence-corrected chi connectivity index (χ4v) is 8.32. The second-order valence-electron chi connectivity index (χ2n) is 16.1. The van der Waals surface area contributed by atoms with Crippen LogP contribution in [0.1, 0.15) is 24.8 Å². The molecular weight excluding hydrogens is 787 g/mol. The van der Waals surface area contributed by atoms with Gasteiger partial charge in [-0.1, -0.05) is 109 Å². The molecular formula is C53H57N5O5. The molecule has 8 aromatic rings. The fraction of sp³-hybridized carbons (Fsp3) is 0.302. The van der Waals surface area contributed by atoms with Gasteiger partial charge in [0.15, 0.2) is 0 Å². The first-order valence-electron chi connectivity index (χ1n) is 22.2. The van der Waals surface area contributed by atoms with Crippen molar-refractivity contribution in [2.75, 3.05) is 84.7 Å². The van der Waals surface area contributed by atoms with Crippen LogP contribution in [0.25, 0.3) is 65.3 Å². The van der Waals surface area contributed by atoms with E-state index in [0.29, 0.717) is 65.6 Å². The number of carbonyl (C=O) groups is 2. The van der Waals surface area contributed by atoms with Crippen LogP contribution >= 0.6 is 0 Å². The summed E-state index contributed by atoms with van der Waals surface area (Å²) in [6.07, 6.45) is 2.51. The second-order valence-corrected chi connectivity index (χ2v) is 16.1. The van der Waals surface area contributed by atoms with Crippen LogP contribution < -0.4 is 16.0 Å². The molecule has 0 fully saturated rings. The number of rotatable bonds is 24. The van der Waals surface area contributed by atoms with Gasteiger partial charge in [-0.05, 0) is 99.8 Å². The summed E-state index contributed by atoms with van der Waals surface area (Å²) in [6, 6.07) is 44.5. The van der Waals surface area contributed by atoms with Crippen LogP contribution in [0.2, 0.25) is 0 Å². The van der Waals surface area contributed by atoms with Gasteiger partial charge in [0, 0.05) is 42.7 Å². The van der Waals surface area contributed by atoms with E-state index in [1.807, 2.05) is 6.07 Å². The Hall–Kier alpha value is -6.17. The Morgan fingerprint density at radius 2 is 1.19 bits per heavy atom. The van der Waals surface area contributed by atoms with Gasteiger partial charge in [0.25, 0.3) is 0 Å². The van der Waals surface area contributed by atoms with E-state index < -0.39 is 0 Å². The highest BCUT2D eigenvalue weighted by Gasteiger charge is 2.13. The van der Waals surface area contributed by atoms with Gasteiger partial charge in [0.05, 0.1) is 57.3 Å². The van der Waals surface area contributed by atoms with Gasteiger partial charge < -0.3 is 35.1 Å². The number of anilines is 1. The molecule has 0 aliphatic rings. The van der Waals surface area contributed by atoms with Crippen molar-refractivity contribution in [2.24, 2.45) is 0 Å². The number of aromatic nitrogens is 1. The van der Waals surface area contributed by atoms with Crippen LogP contribution in [0.5, 0.6) is 0 Å². The molecule has 324 valence electrons. The molecule has 63 heavy (non-hydrogen) atoms. The van der Waals surface area contributed by atoms with Crippen molar-refractivity contribution in [1.29, 1.82) is 0 Å². The fourth-order valence-electron chi connectivity index (χ4n) is 8.32. The van der Waals surface area contributed by atoms with E-state index in [2.05, 4.69) is 149 Å². The zero-order valence-electron chi connectivity index (χ0n) is 36.2. The SMILES string of the molecule is CN(CCCNC(=O)CCOCCOCCOCCNC(=O)Cc1ccc2ccc3cccc4ccc1c2c34)CCCNc1cc(-c2ccc3ccccc3c2)nc2ccccc12. The number of nitrogens with one attached hydrogen (secondary N) is 3. The zero-order valence-corrected chi connectivity index (χ0v) is 36.2. The van der Waals surface area contributed by atoms with Crippen molar-refractivity contribution in [1.82, 2.24) is 20.5 Å². The van der Waals surface area contributed by atoms with Gasteiger partial charge >= 0.3 is 0 Å². The average molecular weight is 844 g/mol. The third-order valence-electron chi connectivity index (χ3n) is 11.6. The highest BCUT2D eigenvalue weighted by atomic mass is 16.5. The Morgan fingerprint density at radius 1 is 0.556 bits per heavy atom. The number of benzene rings is 7. The molecule has 1 aromatic heterocycles. The summed E-state index contributed by atoms with van der Waals surface area (Å²) in [6.45, 7) is 6.23. The molecule has 0 aliphatic carbocycles. The lowest BCUT2D eigenvalue weighted by Gasteiger charge is -2.18. The summed E-state index contributed by atoms with van der Waals surface area (Å²) in [4.78, 5) is 32.4. The Bertz CT molecular complexity index is 2760. The van der Waals surface area contributed by atoms with Gasteiger partial charge in [-0.2, -0.15) is 0 Å². The number of nitrogens with zero attached hydrogens (tertiary/aromatic N) is 2. The van der Waals surface area contributed by atoms with Gasteiger partial charge in [-0.25, -0.2) is 4.98 Å². The molecule has 0 unspecified atom stereocenters. The predicted octanol–water partition coefficient (Wildman–Crippen LogP) is 8.99. The maximum atomic E-state index is 12.8. The number of hydrogen-bond acceptors (Lipinski definition) is 8. The maximum Gasteiger partial charge on any atom is 0.224 e. The summed E-state index contributed by atoms with van der Waals surface area (Å²) < 4.78 is 16.8. The van der Waals surface area contributed by atoms with E-state index >= 15 is 0 Å². The Kier molecular flexibility index (Phi) is 15.0. The minimum absolute atomic E-state index is 0.00757. The quantitative estimate of drug-likeness (QED) is 0.0408. The topological polar surface area (TPSA) is 114 Å². The van der Waals surface area contributed by atoms with Crippen molar-refractivity contribution in [3.05, 3.63) is 133 Å². The van der Waals surface area contributed by atoms with Gasteiger partial charge in [0.1, 0.15) is 0 Å². The molecule has 0 saturated carbocycles. The molecule has 1 heterocycles. The van der Waals surface area contributed by atoms with Crippen LogP contribution in [0.15, 0.2) is 127 Å². The molecule has 0 aliphatic heterocycles. The average Bonchev–Trinajstić information content (AvgIpc) is 3.31. The second kappa shape index (κ2) is 21.8. The van der Waals surface area contributed by atoms with Crippen molar-refractivity contribution >= 4 is 71.5 Å². The molecule has 2 amide bonds. The standard InChI is InChI=1S/C53H57N5O5/c1-58(27-7-24-54-49-37-48(57-47-14-5-4-13-46(47)49)44-20-15-38-9-2-3-10-42(38)35-44)28-8-25-55-50(59)23-29-61-31-33-63-34-32-62-30-26-56-51(60)36-43-19-18-41-17-16-39-11-6-12-40-21-22-45(43)53(41)52(39)40/h2-6,9-22,35,37H,7-8,23-34,36H2,1H3,(H,54,57)(H,55,59)(H,56,60). The van der Waals surface area contributed by atoms with Crippen molar-refractivity contribution < 1.29 is 23.8 Å². The molecule has 7 aromatic carbocycles. The van der Waals surface area contributed by atoms with E-state index in [1.165, 1.54) is 37.7 Å². The maximum absolute atomic E-state index is 12.8. The van der Waals surface area contributed by atoms with Gasteiger partial charge in [0.2, 0.25) is 11.8 Å². The summed E-state index contributed by atoms with van der Waals surface area (Å²) in [5, 5.41) is 20.4. The number of fused-ring (bicyclic) bond motifs is 2. The largest absolute Gasteiger partial charge is 0.384 e. The molecule has 10 heteroatoms. The minimum Gasteiger partial charge on any atom is -0.384 e. The molecule has 0 saturated heterocycles. The third-order valence-corrected chi connectivity index (χ3v) is 11.6. The normalized spacial score (nSPS) is 11.7. The number of ether oxygens (including phenoxy) is 3. The molecule has 0 spiro atoms. The molecule has 8 rings (SSSR count). The van der Waals surface area contributed by atoms with Crippen LogP contribution in [0.4, 0.5) is 5.69 Å². The van der Waals surface area contributed by atoms with E-state index in [9.17, 15) is 9.59 Å². The number of hydrogen-bond donors (Lipinski definition) is 3. The number of carbonyl (C=O) groups excluding carboxylic acids is 2. The zero-order chi connectivity index (χ0) is 43.2. The summed E-state index contributed by atoms with van der Waals surface area (Å²) in [7, 11) is 2.13. The highest BCUT2D eigenvalue weighted by molar-refractivity contribution is 6.23. The van der Waals surface area contributed by atoms with Gasteiger partial charge in [-0.15, -0.1) is 0 Å². The molecule has 0 radical (unpaired) electrons.